The molecule has 0 unspecified atom stereocenters. The zero-order valence-electron chi connectivity index (χ0n) is 20.3. The first-order valence-electron chi connectivity index (χ1n) is 10.5. The molecule has 0 heterocycles. The fourth-order valence-electron chi connectivity index (χ4n) is 2.67. The average Bonchev–Trinajstić information content (AvgIpc) is 2.69. The molecular formula is C30H41Sn. The minimum atomic E-state index is 0. The van der Waals surface area contributed by atoms with Crippen molar-refractivity contribution in [3.05, 3.63) is 128 Å². The van der Waals surface area contributed by atoms with Crippen LogP contribution in [0.25, 0.3) is 0 Å². The van der Waals surface area contributed by atoms with Gasteiger partial charge in [0.2, 0.25) is 0 Å². The van der Waals surface area contributed by atoms with E-state index in [1.54, 1.807) is 0 Å². The van der Waals surface area contributed by atoms with Crippen molar-refractivity contribution in [2.45, 2.75) is 57.8 Å². The Morgan fingerprint density at radius 2 is 0.581 bits per heavy atom. The molecular weight excluding hydrogens is 479 g/mol. The first-order chi connectivity index (χ1) is 13.8. The smallest absolute Gasteiger partial charge is 0 e. The molecule has 0 aliphatic carbocycles. The van der Waals surface area contributed by atoms with E-state index in [2.05, 4.69) is 98.7 Å². The van der Waals surface area contributed by atoms with Gasteiger partial charge in [-0.3, -0.25) is 0 Å². The summed E-state index contributed by atoms with van der Waals surface area (Å²) < 4.78 is 0. The molecule has 0 aliphatic rings. The maximum absolute atomic E-state index is 4.04. The molecule has 0 spiro atoms. The Balaban J connectivity index is 0. The first kappa shape index (κ1) is 29.5. The third-order valence-electron chi connectivity index (χ3n) is 4.67. The second-order valence-corrected chi connectivity index (χ2v) is 9.75. The van der Waals surface area contributed by atoms with Crippen LogP contribution in [0.4, 0.5) is 0 Å². The van der Waals surface area contributed by atoms with E-state index in [9.17, 15) is 0 Å². The van der Waals surface area contributed by atoms with Crippen molar-refractivity contribution >= 4 is 23.9 Å². The topological polar surface area (TPSA) is 0 Å². The fraction of sp³-hybridized carbons (Fsp3) is 0.300. The molecule has 0 fully saturated rings. The quantitative estimate of drug-likeness (QED) is 0.305. The number of hydrogen-bond acceptors (Lipinski definition) is 0. The molecule has 7 radical (unpaired) electrons. The van der Waals surface area contributed by atoms with E-state index in [4.69, 9.17) is 0 Å². The molecule has 0 saturated carbocycles. The van der Waals surface area contributed by atoms with Crippen molar-refractivity contribution < 1.29 is 1.43 Å². The Kier molecular flexibility index (Phi) is 12.5. The summed E-state index contributed by atoms with van der Waals surface area (Å²) in [7, 11) is 0. The van der Waals surface area contributed by atoms with Crippen LogP contribution in [0.5, 0.6) is 0 Å². The van der Waals surface area contributed by atoms with Gasteiger partial charge in [-0.05, 0) is 53.7 Å². The van der Waals surface area contributed by atoms with Crippen LogP contribution in [0.1, 0.15) is 59.7 Å². The van der Waals surface area contributed by atoms with Crippen molar-refractivity contribution in [2.24, 2.45) is 0 Å². The summed E-state index contributed by atoms with van der Waals surface area (Å²) in [6.45, 7) is 24.8. The van der Waals surface area contributed by atoms with Gasteiger partial charge in [0.15, 0.2) is 0 Å². The molecule has 0 amide bonds. The maximum Gasteiger partial charge on any atom is 0 e. The van der Waals surface area contributed by atoms with E-state index in [1.807, 2.05) is 54.6 Å². The van der Waals surface area contributed by atoms with Crippen molar-refractivity contribution in [3.63, 3.8) is 0 Å². The zero-order valence-corrected chi connectivity index (χ0v) is 23.1. The molecule has 31 heavy (non-hydrogen) atoms. The summed E-state index contributed by atoms with van der Waals surface area (Å²) in [5.41, 5.74) is 3.99. The van der Waals surface area contributed by atoms with Crippen LogP contribution >= 0.6 is 0 Å². The predicted octanol–water partition coefficient (Wildman–Crippen LogP) is 8.26. The summed E-state index contributed by atoms with van der Waals surface area (Å²) in [5.74, 6) is 0. The van der Waals surface area contributed by atoms with Crippen molar-refractivity contribution in [1.82, 2.24) is 0 Å². The van der Waals surface area contributed by atoms with Crippen LogP contribution in [-0.2, 0) is 16.2 Å². The Bertz CT molecular complexity index is 704. The Labute approximate surface area is 210 Å². The fourth-order valence-corrected chi connectivity index (χ4v) is 2.67. The summed E-state index contributed by atoms with van der Waals surface area (Å²) >= 11 is 0. The van der Waals surface area contributed by atoms with Gasteiger partial charge in [0.05, 0.1) is 0 Å². The molecule has 3 aromatic carbocycles. The van der Waals surface area contributed by atoms with E-state index in [0.717, 1.165) is 0 Å². The Hall–Kier alpha value is -1.54. The van der Waals surface area contributed by atoms with Gasteiger partial charge in [0, 0.05) is 25.3 Å². The summed E-state index contributed by atoms with van der Waals surface area (Å²) in [6.07, 6.45) is 0. The van der Waals surface area contributed by atoms with E-state index < -0.39 is 0 Å². The number of rotatable bonds is 3. The summed E-state index contributed by atoms with van der Waals surface area (Å²) in [5, 5.41) is 0. The maximum atomic E-state index is 4.04. The van der Waals surface area contributed by atoms with Gasteiger partial charge < -0.3 is 0 Å². The van der Waals surface area contributed by atoms with Gasteiger partial charge in [-0.2, -0.15) is 0 Å². The third-order valence-corrected chi connectivity index (χ3v) is 4.67. The normalized spacial score (nSPS) is 11.1. The van der Waals surface area contributed by atoms with Gasteiger partial charge in [-0.25, -0.2) is 0 Å². The molecule has 0 aliphatic heterocycles. The van der Waals surface area contributed by atoms with Crippen LogP contribution in [0.3, 0.4) is 0 Å². The molecule has 0 bridgehead atoms. The molecule has 0 atom stereocenters. The second-order valence-electron chi connectivity index (χ2n) is 9.75. The summed E-state index contributed by atoms with van der Waals surface area (Å²) in [6, 6.07) is 31.0. The van der Waals surface area contributed by atoms with Crippen LogP contribution < -0.4 is 0 Å². The SMILES string of the molecule is [CH2]C(C)(C)c1ccccc1.[CH2]C(C)(C)c1ccccc1.[CH2]C(C)(C)c1ccccc1.[HH].[Sn]. The number of benzene rings is 3. The van der Waals surface area contributed by atoms with Gasteiger partial charge in [0.25, 0.3) is 0 Å². The third kappa shape index (κ3) is 12.2. The average molecular weight is 520 g/mol. The minimum Gasteiger partial charge on any atom is -0.0622 e. The van der Waals surface area contributed by atoms with E-state index in [1.165, 1.54) is 16.7 Å². The van der Waals surface area contributed by atoms with Crippen LogP contribution in [-0.4, -0.2) is 23.9 Å². The molecule has 0 N–H and O–H groups in total. The summed E-state index contributed by atoms with van der Waals surface area (Å²) in [4.78, 5) is 0. The molecule has 3 aromatic rings. The van der Waals surface area contributed by atoms with Crippen molar-refractivity contribution in [1.29, 1.82) is 0 Å². The molecule has 0 saturated heterocycles. The monoisotopic (exact) mass is 521 g/mol. The molecule has 0 aromatic heterocycles. The second kappa shape index (κ2) is 13.1. The van der Waals surface area contributed by atoms with Crippen LogP contribution in [0.2, 0.25) is 0 Å². The molecule has 1 heteroatoms. The zero-order chi connectivity index (χ0) is 22.8. The van der Waals surface area contributed by atoms with Gasteiger partial charge in [-0.1, -0.05) is 133 Å². The van der Waals surface area contributed by atoms with Gasteiger partial charge in [0.1, 0.15) is 0 Å². The van der Waals surface area contributed by atoms with Crippen LogP contribution in [0.15, 0.2) is 91.0 Å². The van der Waals surface area contributed by atoms with Crippen LogP contribution in [0, 0.1) is 20.8 Å². The molecule has 0 nitrogen and oxygen atoms in total. The Morgan fingerprint density at radius 1 is 0.419 bits per heavy atom. The standard InChI is InChI=1S/3C10H13.Sn.H2/c3*1-10(2,3)9-7-5-4-6-8-9;;/h3*4-8H,1H2,2-3H3;;1H. The molecule has 165 valence electrons. The van der Waals surface area contributed by atoms with E-state index >= 15 is 0 Å². The molecule has 3 rings (SSSR count). The largest absolute Gasteiger partial charge is 0.0622 e. The number of hydrogen-bond donors (Lipinski definition) is 0. The van der Waals surface area contributed by atoms with Crippen molar-refractivity contribution in [3.8, 4) is 0 Å². The van der Waals surface area contributed by atoms with Gasteiger partial charge >= 0.3 is 0 Å². The van der Waals surface area contributed by atoms with Crippen molar-refractivity contribution in [2.75, 3.05) is 0 Å². The predicted molar refractivity (Wildman–Crippen MR) is 142 cm³/mol. The van der Waals surface area contributed by atoms with E-state index in [0.29, 0.717) is 0 Å². The van der Waals surface area contributed by atoms with Gasteiger partial charge in [-0.15, -0.1) is 0 Å². The van der Waals surface area contributed by atoms with E-state index in [-0.39, 0.29) is 41.6 Å². The first-order valence-corrected chi connectivity index (χ1v) is 10.5. The minimum absolute atomic E-state index is 0. The Morgan fingerprint density at radius 3 is 0.677 bits per heavy atom.